The van der Waals surface area contributed by atoms with E-state index in [0.717, 1.165) is 29.7 Å². The van der Waals surface area contributed by atoms with Gasteiger partial charge < -0.3 is 14.2 Å². The Balaban J connectivity index is 1.59. The van der Waals surface area contributed by atoms with E-state index in [2.05, 4.69) is 15.5 Å². The van der Waals surface area contributed by atoms with Gasteiger partial charge in [0, 0.05) is 17.5 Å². The first-order chi connectivity index (χ1) is 14.2. The molecule has 1 fully saturated rings. The Labute approximate surface area is 169 Å². The number of carbonyl (C=O) groups excluding carboxylic acids is 1. The summed E-state index contributed by atoms with van der Waals surface area (Å²) in [6.07, 6.45) is 1.61. The topological polar surface area (TPSA) is 85.5 Å². The van der Waals surface area contributed by atoms with Crippen LogP contribution in [0.4, 0.5) is 10.5 Å². The molecule has 1 heterocycles. The van der Waals surface area contributed by atoms with Crippen LogP contribution in [0.3, 0.4) is 0 Å². The number of aromatic amines is 1. The van der Waals surface area contributed by atoms with Crippen LogP contribution in [0.2, 0.25) is 0 Å². The first-order valence-electron chi connectivity index (χ1n) is 9.48. The van der Waals surface area contributed by atoms with Crippen LogP contribution in [0.15, 0.2) is 48.5 Å². The van der Waals surface area contributed by atoms with E-state index in [-0.39, 0.29) is 6.61 Å². The van der Waals surface area contributed by atoms with Gasteiger partial charge in [0.05, 0.1) is 25.6 Å². The third kappa shape index (κ3) is 4.18. The second-order valence-corrected chi connectivity index (χ2v) is 6.89. The number of carbonyl (C=O) groups is 1. The summed E-state index contributed by atoms with van der Waals surface area (Å²) < 4.78 is 16.2. The highest BCUT2D eigenvalue weighted by Gasteiger charge is 2.31. The zero-order valence-electron chi connectivity index (χ0n) is 16.4. The zero-order chi connectivity index (χ0) is 20.2. The number of nitrogens with one attached hydrogen (secondary N) is 2. The number of rotatable bonds is 7. The molecule has 29 heavy (non-hydrogen) atoms. The lowest BCUT2D eigenvalue weighted by Crippen LogP contribution is -2.14. The number of anilines is 1. The van der Waals surface area contributed by atoms with E-state index in [0.29, 0.717) is 28.8 Å². The molecule has 2 aromatic carbocycles. The minimum absolute atomic E-state index is 0.199. The SMILES string of the molecule is COc1ccc(-c2n[nH]c(C3CC3)c2NC(=O)OCc2ccccc2)c(OC)c1. The Bertz CT molecular complexity index is 997. The van der Waals surface area contributed by atoms with E-state index in [1.165, 1.54) is 0 Å². The van der Waals surface area contributed by atoms with Gasteiger partial charge in [-0.05, 0) is 30.5 Å². The van der Waals surface area contributed by atoms with Gasteiger partial charge in [0.2, 0.25) is 0 Å². The molecular weight excluding hydrogens is 370 g/mol. The standard InChI is InChI=1S/C22H23N3O4/c1-27-16-10-11-17(18(12-16)28-2)20-21(19(24-25-20)15-8-9-15)23-22(26)29-13-14-6-4-3-5-7-14/h3-7,10-12,15H,8-9,13H2,1-2H3,(H,23,26)(H,24,25). The van der Waals surface area contributed by atoms with Crippen molar-refractivity contribution < 1.29 is 19.0 Å². The van der Waals surface area contributed by atoms with Crippen molar-refractivity contribution in [2.24, 2.45) is 0 Å². The predicted octanol–water partition coefficient (Wildman–Crippen LogP) is 4.72. The molecule has 0 atom stereocenters. The van der Waals surface area contributed by atoms with Gasteiger partial charge in [-0.2, -0.15) is 5.10 Å². The average Bonchev–Trinajstić information content (AvgIpc) is 3.53. The normalized spacial score (nSPS) is 13.0. The molecule has 7 nitrogen and oxygen atoms in total. The summed E-state index contributed by atoms with van der Waals surface area (Å²) in [5, 5.41) is 10.4. The number of hydrogen-bond donors (Lipinski definition) is 2. The van der Waals surface area contributed by atoms with Crippen LogP contribution in [0.1, 0.15) is 30.0 Å². The third-order valence-corrected chi connectivity index (χ3v) is 4.88. The Morgan fingerprint density at radius 1 is 1.14 bits per heavy atom. The number of methoxy groups -OCH3 is 2. The maximum Gasteiger partial charge on any atom is 0.412 e. The molecule has 0 bridgehead atoms. The fraction of sp³-hybridized carbons (Fsp3) is 0.273. The molecule has 0 aliphatic heterocycles. The van der Waals surface area contributed by atoms with Crippen molar-refractivity contribution >= 4 is 11.8 Å². The van der Waals surface area contributed by atoms with Crippen LogP contribution in [-0.2, 0) is 11.3 Å². The molecule has 0 unspecified atom stereocenters. The van der Waals surface area contributed by atoms with E-state index < -0.39 is 6.09 Å². The van der Waals surface area contributed by atoms with Gasteiger partial charge in [-0.1, -0.05) is 30.3 Å². The number of ether oxygens (including phenoxy) is 3. The highest BCUT2D eigenvalue weighted by molar-refractivity contribution is 5.92. The molecule has 0 spiro atoms. The first kappa shape index (κ1) is 18.9. The van der Waals surface area contributed by atoms with Crippen LogP contribution < -0.4 is 14.8 Å². The van der Waals surface area contributed by atoms with Crippen LogP contribution >= 0.6 is 0 Å². The summed E-state index contributed by atoms with van der Waals surface area (Å²) in [4.78, 5) is 12.5. The molecule has 1 saturated carbocycles. The molecule has 1 aliphatic carbocycles. The molecule has 1 aromatic heterocycles. The lowest BCUT2D eigenvalue weighted by atomic mass is 10.1. The molecule has 1 amide bonds. The Kier molecular flexibility index (Phi) is 5.37. The number of amides is 1. The molecule has 2 N–H and O–H groups in total. The van der Waals surface area contributed by atoms with Crippen molar-refractivity contribution in [2.75, 3.05) is 19.5 Å². The fourth-order valence-electron chi connectivity index (χ4n) is 3.20. The van der Waals surface area contributed by atoms with Gasteiger partial charge in [0.1, 0.15) is 23.8 Å². The lowest BCUT2D eigenvalue weighted by Gasteiger charge is -2.12. The van der Waals surface area contributed by atoms with Gasteiger partial charge in [-0.3, -0.25) is 10.4 Å². The van der Waals surface area contributed by atoms with Crippen LogP contribution in [0, 0.1) is 0 Å². The first-order valence-corrected chi connectivity index (χ1v) is 9.48. The molecule has 0 saturated heterocycles. The number of benzene rings is 2. The fourth-order valence-corrected chi connectivity index (χ4v) is 3.20. The minimum atomic E-state index is -0.522. The third-order valence-electron chi connectivity index (χ3n) is 4.88. The van der Waals surface area contributed by atoms with Crippen molar-refractivity contribution in [1.29, 1.82) is 0 Å². The molecular formula is C22H23N3O4. The van der Waals surface area contributed by atoms with Crippen molar-refractivity contribution in [2.45, 2.75) is 25.4 Å². The lowest BCUT2D eigenvalue weighted by molar-refractivity contribution is 0.155. The summed E-state index contributed by atoms with van der Waals surface area (Å²) in [6, 6.07) is 15.1. The van der Waals surface area contributed by atoms with Crippen molar-refractivity contribution in [3.8, 4) is 22.8 Å². The summed E-state index contributed by atoms with van der Waals surface area (Å²) in [7, 11) is 3.19. The van der Waals surface area contributed by atoms with Crippen LogP contribution in [0.5, 0.6) is 11.5 Å². The molecule has 4 rings (SSSR count). The highest BCUT2D eigenvalue weighted by Crippen LogP contribution is 2.46. The number of H-pyrrole nitrogens is 1. The number of nitrogens with zero attached hydrogens (tertiary/aromatic N) is 1. The Morgan fingerprint density at radius 2 is 1.93 bits per heavy atom. The van der Waals surface area contributed by atoms with E-state index in [1.54, 1.807) is 20.3 Å². The molecule has 3 aromatic rings. The summed E-state index contributed by atoms with van der Waals surface area (Å²) in [6.45, 7) is 0.199. The summed E-state index contributed by atoms with van der Waals surface area (Å²) >= 11 is 0. The van der Waals surface area contributed by atoms with Crippen molar-refractivity contribution in [3.05, 3.63) is 59.8 Å². The van der Waals surface area contributed by atoms with Crippen LogP contribution in [-0.4, -0.2) is 30.5 Å². The summed E-state index contributed by atoms with van der Waals surface area (Å²) in [5.41, 5.74) is 3.84. The number of hydrogen-bond acceptors (Lipinski definition) is 5. The van der Waals surface area contributed by atoms with Crippen molar-refractivity contribution in [3.63, 3.8) is 0 Å². The minimum Gasteiger partial charge on any atom is -0.497 e. The zero-order valence-corrected chi connectivity index (χ0v) is 16.4. The quantitative estimate of drug-likeness (QED) is 0.607. The van der Waals surface area contributed by atoms with E-state index in [1.807, 2.05) is 42.5 Å². The Morgan fingerprint density at radius 3 is 2.62 bits per heavy atom. The van der Waals surface area contributed by atoms with Gasteiger partial charge in [-0.15, -0.1) is 0 Å². The van der Waals surface area contributed by atoms with Gasteiger partial charge >= 0.3 is 6.09 Å². The van der Waals surface area contributed by atoms with E-state index >= 15 is 0 Å². The largest absolute Gasteiger partial charge is 0.497 e. The molecule has 0 radical (unpaired) electrons. The van der Waals surface area contributed by atoms with E-state index in [9.17, 15) is 4.79 Å². The Hall–Kier alpha value is -3.48. The smallest absolute Gasteiger partial charge is 0.412 e. The highest BCUT2D eigenvalue weighted by atomic mass is 16.5. The van der Waals surface area contributed by atoms with Gasteiger partial charge in [0.15, 0.2) is 0 Å². The molecule has 150 valence electrons. The van der Waals surface area contributed by atoms with Crippen LogP contribution in [0.25, 0.3) is 11.3 Å². The maximum absolute atomic E-state index is 12.5. The summed E-state index contributed by atoms with van der Waals surface area (Å²) in [5.74, 6) is 1.66. The average molecular weight is 393 g/mol. The molecule has 1 aliphatic rings. The monoisotopic (exact) mass is 393 g/mol. The second-order valence-electron chi connectivity index (χ2n) is 6.89. The van der Waals surface area contributed by atoms with Gasteiger partial charge in [-0.25, -0.2) is 4.79 Å². The van der Waals surface area contributed by atoms with Gasteiger partial charge in [0.25, 0.3) is 0 Å². The second kappa shape index (κ2) is 8.26. The number of aromatic nitrogens is 2. The molecule has 7 heteroatoms. The predicted molar refractivity (Wildman–Crippen MR) is 109 cm³/mol. The maximum atomic E-state index is 12.5. The van der Waals surface area contributed by atoms with E-state index in [4.69, 9.17) is 14.2 Å². The van der Waals surface area contributed by atoms with Crippen molar-refractivity contribution in [1.82, 2.24) is 10.2 Å².